The summed E-state index contributed by atoms with van der Waals surface area (Å²) in [5.74, 6) is -0.302. The minimum atomic E-state index is -3.93. The lowest BCUT2D eigenvalue weighted by atomic mass is 10.1. The van der Waals surface area contributed by atoms with Crippen molar-refractivity contribution in [2.24, 2.45) is 0 Å². The molecule has 0 radical (unpaired) electrons. The van der Waals surface area contributed by atoms with Crippen molar-refractivity contribution in [2.45, 2.75) is 30.7 Å². The molecule has 1 atom stereocenters. The summed E-state index contributed by atoms with van der Waals surface area (Å²) < 4.78 is 26.9. The van der Waals surface area contributed by atoms with Gasteiger partial charge in [0.05, 0.1) is 5.56 Å². The van der Waals surface area contributed by atoms with Gasteiger partial charge in [-0.2, -0.15) is 9.57 Å². The lowest BCUT2D eigenvalue weighted by molar-refractivity contribution is -0.126. The fourth-order valence-electron chi connectivity index (χ4n) is 2.47. The highest BCUT2D eigenvalue weighted by Crippen LogP contribution is 2.26. The number of benzene rings is 1. The first-order chi connectivity index (χ1) is 10.4. The summed E-state index contributed by atoms with van der Waals surface area (Å²) in [6.07, 6.45) is 1.11. The zero-order valence-corrected chi connectivity index (χ0v) is 13.6. The number of carbonyl (C=O) groups is 1. The van der Waals surface area contributed by atoms with Crippen molar-refractivity contribution in [3.63, 3.8) is 0 Å². The van der Waals surface area contributed by atoms with E-state index < -0.39 is 16.1 Å². The average molecular weight is 342 g/mol. The maximum Gasteiger partial charge on any atom is 0.245 e. The number of halogens is 1. The highest BCUT2D eigenvalue weighted by atomic mass is 35.5. The number of rotatable bonds is 4. The first-order valence-electron chi connectivity index (χ1n) is 6.91. The predicted octanol–water partition coefficient (Wildman–Crippen LogP) is 1.50. The minimum Gasteiger partial charge on any atom is -0.353 e. The molecule has 0 saturated carbocycles. The molecule has 0 unspecified atom stereocenters. The van der Waals surface area contributed by atoms with Crippen LogP contribution < -0.4 is 5.32 Å². The van der Waals surface area contributed by atoms with Gasteiger partial charge in [-0.15, -0.1) is 0 Å². The van der Waals surface area contributed by atoms with Crippen molar-refractivity contribution >= 4 is 27.5 Å². The molecule has 0 aromatic heterocycles. The Morgan fingerprint density at radius 3 is 2.86 bits per heavy atom. The fourth-order valence-corrected chi connectivity index (χ4v) is 4.39. The SMILES string of the molecule is CCC[C@@H]1C(=O)NCCN1S(=O)(=O)c1ccc(Cl)cc1C#N. The molecule has 1 aliphatic rings. The standard InChI is InChI=1S/C14H16ClN3O3S/c1-2-3-12-14(19)17-6-7-18(12)22(20,21)13-5-4-11(15)8-10(13)9-16/h4-5,8,12H,2-3,6-7H2,1H3,(H,17,19)/t12-/m1/s1. The molecular weight excluding hydrogens is 326 g/mol. The second-order valence-corrected chi connectivity index (χ2v) is 7.26. The molecule has 8 heteroatoms. The van der Waals surface area contributed by atoms with Gasteiger partial charge in [0.25, 0.3) is 0 Å². The summed E-state index contributed by atoms with van der Waals surface area (Å²) in [6, 6.07) is 5.15. The van der Waals surface area contributed by atoms with Gasteiger partial charge in [-0.05, 0) is 24.6 Å². The first-order valence-corrected chi connectivity index (χ1v) is 8.72. The minimum absolute atomic E-state index is 0.0197. The number of amides is 1. The molecule has 118 valence electrons. The van der Waals surface area contributed by atoms with Crippen molar-refractivity contribution < 1.29 is 13.2 Å². The predicted molar refractivity (Wildman–Crippen MR) is 81.8 cm³/mol. The second kappa shape index (κ2) is 6.65. The molecule has 1 amide bonds. The Balaban J connectivity index is 2.49. The smallest absolute Gasteiger partial charge is 0.245 e. The molecule has 0 bridgehead atoms. The quantitative estimate of drug-likeness (QED) is 0.898. The first kappa shape index (κ1) is 16.7. The molecule has 1 fully saturated rings. The molecule has 1 saturated heterocycles. The van der Waals surface area contributed by atoms with Crippen molar-refractivity contribution in [1.82, 2.24) is 9.62 Å². The van der Waals surface area contributed by atoms with Gasteiger partial charge in [-0.25, -0.2) is 8.42 Å². The van der Waals surface area contributed by atoms with Crippen molar-refractivity contribution in [2.75, 3.05) is 13.1 Å². The van der Waals surface area contributed by atoms with Crippen LogP contribution in [0.25, 0.3) is 0 Å². The van der Waals surface area contributed by atoms with Crippen molar-refractivity contribution in [3.8, 4) is 6.07 Å². The fraction of sp³-hybridized carbons (Fsp3) is 0.429. The second-order valence-electron chi connectivity index (χ2n) is 4.96. The van der Waals surface area contributed by atoms with Gasteiger partial charge >= 0.3 is 0 Å². The Kier molecular flexibility index (Phi) is 5.06. The Bertz CT molecular complexity index is 727. The zero-order valence-electron chi connectivity index (χ0n) is 12.0. The van der Waals surface area contributed by atoms with E-state index in [0.717, 1.165) is 0 Å². The average Bonchev–Trinajstić information content (AvgIpc) is 2.48. The molecule has 2 rings (SSSR count). The highest BCUT2D eigenvalue weighted by molar-refractivity contribution is 7.89. The summed E-state index contributed by atoms with van der Waals surface area (Å²) in [5.41, 5.74) is -0.0197. The van der Waals surface area contributed by atoms with Crippen LogP contribution in [0.2, 0.25) is 5.02 Å². The molecule has 1 aliphatic heterocycles. The summed E-state index contributed by atoms with van der Waals surface area (Å²) in [7, 11) is -3.93. The Labute approximate surface area is 134 Å². The third kappa shape index (κ3) is 3.09. The van der Waals surface area contributed by atoms with Crippen LogP contribution in [0.5, 0.6) is 0 Å². The van der Waals surface area contributed by atoms with Crippen LogP contribution in [0.4, 0.5) is 0 Å². The number of nitrogens with one attached hydrogen (secondary N) is 1. The van der Waals surface area contributed by atoms with E-state index in [1.165, 1.54) is 22.5 Å². The summed E-state index contributed by atoms with van der Waals surface area (Å²) in [5, 5.41) is 12.1. The summed E-state index contributed by atoms with van der Waals surface area (Å²) in [6.45, 7) is 2.33. The van der Waals surface area contributed by atoms with Gasteiger partial charge in [-0.1, -0.05) is 24.9 Å². The van der Waals surface area contributed by atoms with Gasteiger partial charge in [-0.3, -0.25) is 4.79 Å². The van der Waals surface area contributed by atoms with E-state index in [4.69, 9.17) is 16.9 Å². The lowest BCUT2D eigenvalue weighted by Crippen LogP contribution is -2.57. The normalized spacial score (nSPS) is 19.5. The molecular formula is C14H16ClN3O3S. The van der Waals surface area contributed by atoms with E-state index >= 15 is 0 Å². The van der Waals surface area contributed by atoms with E-state index in [2.05, 4.69) is 5.32 Å². The summed E-state index contributed by atoms with van der Waals surface area (Å²) >= 11 is 5.81. The van der Waals surface area contributed by atoms with Crippen molar-refractivity contribution in [1.29, 1.82) is 5.26 Å². The van der Waals surface area contributed by atoms with Gasteiger partial charge in [0, 0.05) is 18.1 Å². The van der Waals surface area contributed by atoms with Gasteiger partial charge < -0.3 is 5.32 Å². The van der Waals surface area contributed by atoms with Crippen LogP contribution in [0.3, 0.4) is 0 Å². The monoisotopic (exact) mass is 341 g/mol. The summed E-state index contributed by atoms with van der Waals surface area (Å²) in [4.78, 5) is 11.9. The molecule has 1 aromatic rings. The third-order valence-corrected chi connectivity index (χ3v) is 5.69. The molecule has 1 N–H and O–H groups in total. The van der Waals surface area contributed by atoms with Crippen LogP contribution in [0.15, 0.2) is 23.1 Å². The number of carbonyl (C=O) groups excluding carboxylic acids is 1. The van der Waals surface area contributed by atoms with Crippen LogP contribution in [0, 0.1) is 11.3 Å². The molecule has 1 heterocycles. The number of piperazine rings is 1. The zero-order chi connectivity index (χ0) is 16.3. The Morgan fingerprint density at radius 2 is 2.23 bits per heavy atom. The molecule has 22 heavy (non-hydrogen) atoms. The van der Waals surface area contributed by atoms with Gasteiger partial charge in [0.2, 0.25) is 15.9 Å². The molecule has 1 aromatic carbocycles. The third-order valence-electron chi connectivity index (χ3n) is 3.49. The van der Waals surface area contributed by atoms with Crippen molar-refractivity contribution in [3.05, 3.63) is 28.8 Å². The number of nitriles is 1. The van der Waals surface area contributed by atoms with Crippen LogP contribution in [-0.2, 0) is 14.8 Å². The number of hydrogen-bond donors (Lipinski definition) is 1. The number of nitrogens with zero attached hydrogens (tertiary/aromatic N) is 2. The van der Waals surface area contributed by atoms with E-state index in [9.17, 15) is 13.2 Å². The van der Waals surface area contributed by atoms with Crippen LogP contribution in [0.1, 0.15) is 25.3 Å². The van der Waals surface area contributed by atoms with Gasteiger partial charge in [0.15, 0.2) is 0 Å². The molecule has 0 spiro atoms. The van der Waals surface area contributed by atoms with E-state index in [1.807, 2.05) is 13.0 Å². The number of hydrogen-bond acceptors (Lipinski definition) is 4. The van der Waals surface area contributed by atoms with E-state index in [-0.39, 0.29) is 34.5 Å². The van der Waals surface area contributed by atoms with Crippen LogP contribution in [-0.4, -0.2) is 37.8 Å². The maximum atomic E-state index is 12.9. The van der Waals surface area contributed by atoms with E-state index in [0.29, 0.717) is 12.8 Å². The molecule has 0 aliphatic carbocycles. The molecule has 6 nitrogen and oxygen atoms in total. The van der Waals surface area contributed by atoms with Crippen LogP contribution >= 0.6 is 11.6 Å². The maximum absolute atomic E-state index is 12.9. The Hall–Kier alpha value is -1.62. The number of sulfonamides is 1. The highest BCUT2D eigenvalue weighted by Gasteiger charge is 2.38. The largest absolute Gasteiger partial charge is 0.353 e. The topological polar surface area (TPSA) is 90.3 Å². The lowest BCUT2D eigenvalue weighted by Gasteiger charge is -2.34. The van der Waals surface area contributed by atoms with Gasteiger partial charge in [0.1, 0.15) is 17.0 Å². The Morgan fingerprint density at radius 1 is 1.50 bits per heavy atom. The van der Waals surface area contributed by atoms with E-state index in [1.54, 1.807) is 0 Å².